The zero-order valence-corrected chi connectivity index (χ0v) is 26.4. The Hall–Kier alpha value is -4.59. The van der Waals surface area contributed by atoms with Crippen molar-refractivity contribution in [2.24, 2.45) is 0 Å². The second kappa shape index (κ2) is 14.2. The van der Waals surface area contributed by atoms with Crippen molar-refractivity contribution in [3.05, 3.63) is 125 Å². The van der Waals surface area contributed by atoms with E-state index in [4.69, 9.17) is 11.6 Å². The number of piperazine rings is 1. The van der Waals surface area contributed by atoms with Crippen LogP contribution in [0, 0.1) is 0 Å². The van der Waals surface area contributed by atoms with Crippen LogP contribution < -0.4 is 10.2 Å². The molecule has 6 rings (SSSR count). The Bertz CT molecular complexity index is 1710. The SMILES string of the molecule is O=C1CCC(c2ccccc2CN2CCN(c3ccc(C(=C(CCCl)c4ccc(O)cc4)c4ccc(O)cc4)cc3)CC2)C(=O)N1. The van der Waals surface area contributed by atoms with E-state index in [-0.39, 0.29) is 29.2 Å². The van der Waals surface area contributed by atoms with Crippen LogP contribution in [0.15, 0.2) is 97.1 Å². The highest BCUT2D eigenvalue weighted by Crippen LogP contribution is 2.37. The van der Waals surface area contributed by atoms with Crippen LogP contribution in [0.5, 0.6) is 11.5 Å². The highest BCUT2D eigenvalue weighted by molar-refractivity contribution is 6.18. The normalized spacial score (nSPS) is 17.8. The molecule has 0 bridgehead atoms. The van der Waals surface area contributed by atoms with Crippen molar-refractivity contribution in [3.8, 4) is 11.5 Å². The van der Waals surface area contributed by atoms with Gasteiger partial charge in [-0.3, -0.25) is 19.8 Å². The van der Waals surface area contributed by atoms with Crippen molar-refractivity contribution in [1.82, 2.24) is 10.2 Å². The average molecular weight is 636 g/mol. The highest BCUT2D eigenvalue weighted by atomic mass is 35.5. The van der Waals surface area contributed by atoms with Gasteiger partial charge in [0.25, 0.3) is 0 Å². The molecular formula is C38H38ClN3O4. The van der Waals surface area contributed by atoms with E-state index in [2.05, 4.69) is 45.4 Å². The third-order valence-corrected chi connectivity index (χ3v) is 9.16. The van der Waals surface area contributed by atoms with E-state index in [9.17, 15) is 19.8 Å². The van der Waals surface area contributed by atoms with E-state index in [0.717, 1.165) is 77.4 Å². The molecule has 2 aliphatic rings. The number of alkyl halides is 1. The van der Waals surface area contributed by atoms with Gasteiger partial charge in [-0.25, -0.2) is 0 Å². The zero-order valence-electron chi connectivity index (χ0n) is 25.7. The van der Waals surface area contributed by atoms with Crippen LogP contribution in [0.4, 0.5) is 5.69 Å². The summed E-state index contributed by atoms with van der Waals surface area (Å²) >= 11 is 6.31. The number of phenols is 2. The predicted octanol–water partition coefficient (Wildman–Crippen LogP) is 6.53. The van der Waals surface area contributed by atoms with Crippen LogP contribution >= 0.6 is 11.6 Å². The van der Waals surface area contributed by atoms with Gasteiger partial charge in [0.05, 0.1) is 5.92 Å². The smallest absolute Gasteiger partial charge is 0.234 e. The number of allylic oxidation sites excluding steroid dienone is 1. The molecular weight excluding hydrogens is 598 g/mol. The molecule has 1 atom stereocenters. The van der Waals surface area contributed by atoms with E-state index >= 15 is 0 Å². The molecule has 7 nitrogen and oxygen atoms in total. The summed E-state index contributed by atoms with van der Waals surface area (Å²) in [5.74, 6) is 0.191. The van der Waals surface area contributed by atoms with Crippen molar-refractivity contribution in [3.63, 3.8) is 0 Å². The van der Waals surface area contributed by atoms with E-state index in [1.807, 2.05) is 42.5 Å². The first-order chi connectivity index (χ1) is 22.4. The summed E-state index contributed by atoms with van der Waals surface area (Å²) in [4.78, 5) is 29.1. The highest BCUT2D eigenvalue weighted by Gasteiger charge is 2.30. The molecule has 46 heavy (non-hydrogen) atoms. The minimum atomic E-state index is -0.284. The molecule has 0 spiro atoms. The molecule has 0 aromatic heterocycles. The molecule has 2 heterocycles. The Morgan fingerprint density at radius 2 is 1.35 bits per heavy atom. The minimum absolute atomic E-state index is 0.191. The van der Waals surface area contributed by atoms with Gasteiger partial charge in [-0.2, -0.15) is 0 Å². The first kappa shape index (κ1) is 31.4. The summed E-state index contributed by atoms with van der Waals surface area (Å²) < 4.78 is 0. The average Bonchev–Trinajstić information content (AvgIpc) is 3.07. The molecule has 0 aliphatic carbocycles. The molecule has 236 valence electrons. The van der Waals surface area contributed by atoms with E-state index in [0.29, 0.717) is 25.1 Å². The Morgan fingerprint density at radius 1 is 0.761 bits per heavy atom. The molecule has 8 heteroatoms. The number of hydrogen-bond acceptors (Lipinski definition) is 6. The van der Waals surface area contributed by atoms with Gasteiger partial charge in [-0.05, 0) is 88.2 Å². The minimum Gasteiger partial charge on any atom is -0.508 e. The van der Waals surface area contributed by atoms with Crippen LogP contribution in [0.25, 0.3) is 11.1 Å². The molecule has 2 saturated heterocycles. The van der Waals surface area contributed by atoms with Crippen molar-refractivity contribution < 1.29 is 19.8 Å². The van der Waals surface area contributed by atoms with Gasteiger partial charge in [0.2, 0.25) is 11.8 Å². The van der Waals surface area contributed by atoms with Gasteiger partial charge < -0.3 is 15.1 Å². The second-order valence-electron chi connectivity index (χ2n) is 11.9. The Morgan fingerprint density at radius 3 is 1.96 bits per heavy atom. The number of phenolic OH excluding ortho intramolecular Hbond substituents is 2. The van der Waals surface area contributed by atoms with Gasteiger partial charge >= 0.3 is 0 Å². The van der Waals surface area contributed by atoms with Gasteiger partial charge in [0.15, 0.2) is 0 Å². The fourth-order valence-corrected chi connectivity index (χ4v) is 6.76. The lowest BCUT2D eigenvalue weighted by Gasteiger charge is -2.37. The number of nitrogens with zero attached hydrogens (tertiary/aromatic N) is 2. The summed E-state index contributed by atoms with van der Waals surface area (Å²) in [6.45, 7) is 4.31. The first-order valence-corrected chi connectivity index (χ1v) is 16.3. The quantitative estimate of drug-likeness (QED) is 0.110. The lowest BCUT2D eigenvalue weighted by atomic mass is 9.87. The molecule has 0 saturated carbocycles. The standard InChI is InChI=1S/C38H38ClN3O4/c39-20-19-34(26-7-13-31(43)14-8-26)37(28-9-15-32(44)16-10-28)27-5-11-30(12-6-27)42-23-21-41(22-24-42)25-29-3-1-2-4-33(29)35-17-18-36(45)40-38(35)46/h1-16,35,43-44H,17-25H2,(H,40,45,46). The molecule has 0 radical (unpaired) electrons. The Balaban J connectivity index is 1.19. The number of amides is 2. The predicted molar refractivity (Wildman–Crippen MR) is 183 cm³/mol. The number of aromatic hydroxyl groups is 2. The van der Waals surface area contributed by atoms with Crippen LogP contribution in [0.1, 0.15) is 53.0 Å². The number of nitrogens with one attached hydrogen (secondary N) is 1. The number of benzene rings is 4. The lowest BCUT2D eigenvalue weighted by Crippen LogP contribution is -2.46. The Labute approximate surface area is 274 Å². The van der Waals surface area contributed by atoms with Crippen molar-refractivity contribution >= 4 is 40.2 Å². The lowest BCUT2D eigenvalue weighted by molar-refractivity contribution is -0.134. The zero-order chi connectivity index (χ0) is 32.0. The fourth-order valence-electron chi connectivity index (χ4n) is 6.57. The topological polar surface area (TPSA) is 93.1 Å². The summed E-state index contributed by atoms with van der Waals surface area (Å²) in [5, 5.41) is 22.4. The molecule has 2 aliphatic heterocycles. The van der Waals surface area contributed by atoms with Gasteiger partial charge in [0.1, 0.15) is 11.5 Å². The number of anilines is 1. The number of carbonyl (C=O) groups is 2. The van der Waals surface area contributed by atoms with Gasteiger partial charge in [-0.15, -0.1) is 11.6 Å². The van der Waals surface area contributed by atoms with Crippen molar-refractivity contribution in [2.75, 3.05) is 37.0 Å². The maximum atomic E-state index is 12.6. The van der Waals surface area contributed by atoms with Crippen LogP contribution in [-0.2, 0) is 16.1 Å². The summed E-state index contributed by atoms with van der Waals surface area (Å²) in [6, 6.07) is 31.2. The summed E-state index contributed by atoms with van der Waals surface area (Å²) in [7, 11) is 0. The maximum absolute atomic E-state index is 12.6. The fraction of sp³-hybridized carbons (Fsp3) is 0.263. The molecule has 1 unspecified atom stereocenters. The van der Waals surface area contributed by atoms with Crippen molar-refractivity contribution in [2.45, 2.75) is 31.7 Å². The van der Waals surface area contributed by atoms with E-state index in [1.165, 1.54) is 0 Å². The number of imide groups is 1. The number of halogens is 1. The van der Waals surface area contributed by atoms with E-state index in [1.54, 1.807) is 24.3 Å². The number of carbonyl (C=O) groups excluding carboxylic acids is 2. The van der Waals surface area contributed by atoms with E-state index < -0.39 is 0 Å². The number of piperidine rings is 1. The third-order valence-electron chi connectivity index (χ3n) is 8.98. The Kier molecular flexibility index (Phi) is 9.71. The van der Waals surface area contributed by atoms with Crippen molar-refractivity contribution in [1.29, 1.82) is 0 Å². The number of hydrogen-bond donors (Lipinski definition) is 3. The van der Waals surface area contributed by atoms with Crippen LogP contribution in [0.2, 0.25) is 0 Å². The van der Waals surface area contributed by atoms with Gasteiger partial charge in [0, 0.05) is 50.7 Å². The van der Waals surface area contributed by atoms with Crippen LogP contribution in [0.3, 0.4) is 0 Å². The monoisotopic (exact) mass is 635 g/mol. The molecule has 4 aromatic rings. The summed E-state index contributed by atoms with van der Waals surface area (Å²) in [5.41, 5.74) is 8.43. The first-order valence-electron chi connectivity index (χ1n) is 15.8. The third kappa shape index (κ3) is 7.11. The molecule has 3 N–H and O–H groups in total. The maximum Gasteiger partial charge on any atom is 0.234 e. The second-order valence-corrected chi connectivity index (χ2v) is 12.3. The molecule has 4 aromatic carbocycles. The van der Waals surface area contributed by atoms with Gasteiger partial charge in [-0.1, -0.05) is 60.7 Å². The summed E-state index contributed by atoms with van der Waals surface area (Å²) in [6.07, 6.45) is 1.57. The molecule has 2 fully saturated rings. The van der Waals surface area contributed by atoms with Crippen LogP contribution in [-0.4, -0.2) is 59.0 Å². The largest absolute Gasteiger partial charge is 0.508 e. The number of rotatable bonds is 9. The molecule has 2 amide bonds.